The molecule has 2 N–H and O–H groups in total. The number of quaternary nitrogens is 1. The van der Waals surface area contributed by atoms with Crippen LogP contribution in [-0.4, -0.2) is 64.9 Å². The van der Waals surface area contributed by atoms with Crippen molar-refractivity contribution in [3.05, 3.63) is 24.3 Å². The van der Waals surface area contributed by atoms with Crippen molar-refractivity contribution in [1.29, 1.82) is 0 Å². The predicted octanol–water partition coefficient (Wildman–Crippen LogP) is 0.104. The Kier molecular flexibility index (Phi) is 7.91. The lowest BCUT2D eigenvalue weighted by atomic mass is 10.0. The highest BCUT2D eigenvalue weighted by Gasteiger charge is 2.27. The number of anilines is 1. The zero-order valence-electron chi connectivity index (χ0n) is 16.8. The number of carbonyl (C=O) groups is 2. The van der Waals surface area contributed by atoms with Gasteiger partial charge < -0.3 is 24.6 Å². The van der Waals surface area contributed by atoms with Gasteiger partial charge >= 0.3 is 5.97 Å². The number of nitrogens with one attached hydrogen (secondary N) is 2. The molecule has 0 radical (unpaired) electrons. The SMILES string of the molecule is COC(=O)[C@@H](CC(C)C)NC(=O)C[NH+]1CCN(c2ccccc2OC)CC1. The molecular weight excluding hydrogens is 346 g/mol. The van der Waals surface area contributed by atoms with E-state index in [1.807, 2.05) is 32.0 Å². The third-order valence-electron chi connectivity index (χ3n) is 4.83. The summed E-state index contributed by atoms with van der Waals surface area (Å²) in [4.78, 5) is 27.8. The fourth-order valence-corrected chi connectivity index (χ4v) is 3.43. The first-order valence-corrected chi connectivity index (χ1v) is 9.53. The van der Waals surface area contributed by atoms with Crippen LogP contribution in [0.5, 0.6) is 5.75 Å². The van der Waals surface area contributed by atoms with Gasteiger partial charge in [0.1, 0.15) is 11.8 Å². The Hall–Kier alpha value is -2.28. The van der Waals surface area contributed by atoms with Crippen molar-refractivity contribution < 1.29 is 24.0 Å². The van der Waals surface area contributed by atoms with Gasteiger partial charge in [-0.05, 0) is 24.5 Å². The second-order valence-corrected chi connectivity index (χ2v) is 7.36. The molecular formula is C20H32N3O4+. The van der Waals surface area contributed by atoms with Crippen LogP contribution >= 0.6 is 0 Å². The second-order valence-electron chi connectivity index (χ2n) is 7.36. The molecule has 2 rings (SSSR count). The van der Waals surface area contributed by atoms with Crippen LogP contribution in [-0.2, 0) is 14.3 Å². The average molecular weight is 378 g/mol. The highest BCUT2D eigenvalue weighted by atomic mass is 16.5. The topological polar surface area (TPSA) is 72.3 Å². The minimum Gasteiger partial charge on any atom is -0.495 e. The number of nitrogens with zero attached hydrogens (tertiary/aromatic N) is 1. The molecule has 0 bridgehead atoms. The molecule has 1 heterocycles. The highest BCUT2D eigenvalue weighted by molar-refractivity contribution is 5.84. The number of benzene rings is 1. The van der Waals surface area contributed by atoms with Crippen LogP contribution in [0.25, 0.3) is 0 Å². The van der Waals surface area contributed by atoms with Crippen LogP contribution in [0, 0.1) is 5.92 Å². The first-order valence-electron chi connectivity index (χ1n) is 9.53. The average Bonchev–Trinajstić information content (AvgIpc) is 2.67. The molecule has 150 valence electrons. The lowest BCUT2D eigenvalue weighted by Crippen LogP contribution is -3.16. The molecule has 0 aliphatic carbocycles. The van der Waals surface area contributed by atoms with Gasteiger partial charge in [0, 0.05) is 0 Å². The normalized spacial score (nSPS) is 16.1. The summed E-state index contributed by atoms with van der Waals surface area (Å²) in [6, 6.07) is 7.42. The Balaban J connectivity index is 1.85. The van der Waals surface area contributed by atoms with Gasteiger partial charge in [0.25, 0.3) is 5.91 Å². The molecule has 1 saturated heterocycles. The maximum atomic E-state index is 12.4. The first-order chi connectivity index (χ1) is 12.9. The summed E-state index contributed by atoms with van der Waals surface area (Å²) in [7, 11) is 3.03. The largest absolute Gasteiger partial charge is 0.495 e. The Labute approximate surface area is 161 Å². The van der Waals surface area contributed by atoms with E-state index in [0.29, 0.717) is 18.9 Å². The molecule has 0 unspecified atom stereocenters. The highest BCUT2D eigenvalue weighted by Crippen LogP contribution is 2.27. The summed E-state index contributed by atoms with van der Waals surface area (Å²) in [5.41, 5.74) is 1.09. The number of para-hydroxylation sites is 2. The fraction of sp³-hybridized carbons (Fsp3) is 0.600. The van der Waals surface area contributed by atoms with Crippen LogP contribution in [0.1, 0.15) is 20.3 Å². The third kappa shape index (κ3) is 6.13. The standard InChI is InChI=1S/C20H31N3O4/c1-15(2)13-16(20(25)27-4)21-19(24)14-22-9-11-23(12-10-22)17-7-5-6-8-18(17)26-3/h5-8,15-16H,9-14H2,1-4H3,(H,21,24)/p+1/t16-/m1/s1. The molecule has 1 atom stereocenters. The van der Waals surface area contributed by atoms with Crippen molar-refractivity contribution in [2.24, 2.45) is 5.92 Å². The van der Waals surface area contributed by atoms with Gasteiger partial charge in [0.15, 0.2) is 6.54 Å². The van der Waals surface area contributed by atoms with E-state index in [9.17, 15) is 9.59 Å². The van der Waals surface area contributed by atoms with Gasteiger partial charge in [0.2, 0.25) is 0 Å². The van der Waals surface area contributed by atoms with E-state index < -0.39 is 6.04 Å². The predicted molar refractivity (Wildman–Crippen MR) is 104 cm³/mol. The molecule has 1 aromatic carbocycles. The van der Waals surface area contributed by atoms with Crippen molar-refractivity contribution in [1.82, 2.24) is 5.32 Å². The van der Waals surface area contributed by atoms with Crippen LogP contribution in [0.2, 0.25) is 0 Å². The number of hydrogen-bond acceptors (Lipinski definition) is 5. The molecule has 7 heteroatoms. The number of amides is 1. The summed E-state index contributed by atoms with van der Waals surface area (Å²) in [5, 5.41) is 2.84. The first kappa shape index (κ1) is 21.0. The summed E-state index contributed by atoms with van der Waals surface area (Å²) < 4.78 is 10.3. The monoisotopic (exact) mass is 378 g/mol. The fourth-order valence-electron chi connectivity index (χ4n) is 3.43. The van der Waals surface area contributed by atoms with Gasteiger partial charge in [-0.15, -0.1) is 0 Å². The van der Waals surface area contributed by atoms with E-state index in [0.717, 1.165) is 37.6 Å². The van der Waals surface area contributed by atoms with E-state index in [1.165, 1.54) is 12.0 Å². The van der Waals surface area contributed by atoms with Crippen molar-refractivity contribution >= 4 is 17.6 Å². The Morgan fingerprint density at radius 1 is 1.19 bits per heavy atom. The number of hydrogen-bond donors (Lipinski definition) is 2. The Morgan fingerprint density at radius 3 is 2.44 bits per heavy atom. The maximum absolute atomic E-state index is 12.4. The maximum Gasteiger partial charge on any atom is 0.328 e. The van der Waals surface area contributed by atoms with Gasteiger partial charge in [0.05, 0.1) is 46.1 Å². The summed E-state index contributed by atoms with van der Waals surface area (Å²) in [6.45, 7) is 7.84. The Morgan fingerprint density at radius 2 is 1.85 bits per heavy atom. The van der Waals surface area contributed by atoms with Crippen LogP contribution < -0.4 is 19.9 Å². The zero-order chi connectivity index (χ0) is 19.8. The molecule has 1 fully saturated rings. The van der Waals surface area contributed by atoms with Gasteiger partial charge in [-0.25, -0.2) is 4.79 Å². The van der Waals surface area contributed by atoms with Crippen molar-refractivity contribution in [3.8, 4) is 5.75 Å². The molecule has 27 heavy (non-hydrogen) atoms. The zero-order valence-corrected chi connectivity index (χ0v) is 16.8. The number of ether oxygens (including phenoxy) is 2. The molecule has 7 nitrogen and oxygen atoms in total. The van der Waals surface area contributed by atoms with E-state index >= 15 is 0 Å². The molecule has 0 aromatic heterocycles. The molecule has 1 aromatic rings. The van der Waals surface area contributed by atoms with Crippen molar-refractivity contribution in [3.63, 3.8) is 0 Å². The number of rotatable bonds is 8. The summed E-state index contributed by atoms with van der Waals surface area (Å²) >= 11 is 0. The second kappa shape index (κ2) is 10.2. The van der Waals surface area contributed by atoms with E-state index in [4.69, 9.17) is 9.47 Å². The smallest absolute Gasteiger partial charge is 0.328 e. The van der Waals surface area contributed by atoms with Crippen LogP contribution in [0.15, 0.2) is 24.3 Å². The summed E-state index contributed by atoms with van der Waals surface area (Å²) in [6.07, 6.45) is 0.579. The van der Waals surface area contributed by atoms with Crippen molar-refractivity contribution in [2.75, 3.05) is 51.8 Å². The number of piperazine rings is 1. The number of carbonyl (C=O) groups excluding carboxylic acids is 2. The molecule has 1 aliphatic heterocycles. The van der Waals surface area contributed by atoms with E-state index in [-0.39, 0.29) is 11.9 Å². The number of methoxy groups -OCH3 is 2. The van der Waals surface area contributed by atoms with Crippen LogP contribution in [0.4, 0.5) is 5.69 Å². The third-order valence-corrected chi connectivity index (χ3v) is 4.83. The molecule has 1 aliphatic rings. The van der Waals surface area contributed by atoms with E-state index in [1.54, 1.807) is 7.11 Å². The van der Waals surface area contributed by atoms with Crippen LogP contribution in [0.3, 0.4) is 0 Å². The lowest BCUT2D eigenvalue weighted by molar-refractivity contribution is -0.892. The molecule has 0 spiro atoms. The number of esters is 1. The molecule has 0 saturated carbocycles. The minimum absolute atomic E-state index is 0.105. The quantitative estimate of drug-likeness (QED) is 0.628. The lowest BCUT2D eigenvalue weighted by Gasteiger charge is -2.34. The van der Waals surface area contributed by atoms with E-state index in [2.05, 4.69) is 16.3 Å². The molecule has 1 amide bonds. The van der Waals surface area contributed by atoms with Crippen molar-refractivity contribution in [2.45, 2.75) is 26.3 Å². The van der Waals surface area contributed by atoms with Gasteiger partial charge in [-0.2, -0.15) is 0 Å². The summed E-state index contributed by atoms with van der Waals surface area (Å²) in [5.74, 6) is 0.680. The van der Waals surface area contributed by atoms with Gasteiger partial charge in [-0.3, -0.25) is 4.79 Å². The Bertz CT molecular complexity index is 627. The van der Waals surface area contributed by atoms with Gasteiger partial charge in [-0.1, -0.05) is 26.0 Å². The minimum atomic E-state index is -0.572.